The molecule has 17 heavy (non-hydrogen) atoms. The van der Waals surface area contributed by atoms with Crippen LogP contribution in [0.15, 0.2) is 0 Å². The lowest BCUT2D eigenvalue weighted by atomic mass is 9.80. The molecule has 1 saturated carbocycles. The fourth-order valence-electron chi connectivity index (χ4n) is 2.33. The second-order valence-corrected chi connectivity index (χ2v) is 4.53. The van der Waals surface area contributed by atoms with E-state index in [9.17, 15) is 0 Å². The number of rotatable bonds is 1. The Labute approximate surface area is 112 Å². The Balaban J connectivity index is -0.000000285. The normalized spacial score (nSPS) is 26.6. The van der Waals surface area contributed by atoms with Gasteiger partial charge in [0.2, 0.25) is 0 Å². The van der Waals surface area contributed by atoms with E-state index < -0.39 is 0 Å². The number of nitrogens with zero attached hydrogens (tertiary/aromatic N) is 1. The first-order valence-corrected chi connectivity index (χ1v) is 7.76. The molecule has 2 unspecified atom stereocenters. The zero-order valence-electron chi connectivity index (χ0n) is 14.3. The molecule has 0 heterocycles. The quantitative estimate of drug-likeness (QED) is 0.593. The van der Waals surface area contributed by atoms with Crippen LogP contribution >= 0.6 is 0 Å². The molecule has 0 aromatic carbocycles. The van der Waals surface area contributed by atoms with Crippen LogP contribution in [0.1, 0.15) is 74.7 Å². The van der Waals surface area contributed by atoms with Crippen molar-refractivity contribution in [2.24, 2.45) is 11.8 Å². The van der Waals surface area contributed by atoms with Gasteiger partial charge in [-0.3, -0.25) is 0 Å². The predicted molar refractivity (Wildman–Crippen MR) is 83.7 cm³/mol. The molecule has 0 aromatic heterocycles. The zero-order valence-corrected chi connectivity index (χ0v) is 14.3. The molecule has 1 aliphatic rings. The first kappa shape index (κ1) is 22.2. The van der Waals surface area contributed by atoms with Crippen molar-refractivity contribution in [3.8, 4) is 0 Å². The van der Waals surface area contributed by atoms with Gasteiger partial charge in [-0.25, -0.2) is 0 Å². The van der Waals surface area contributed by atoms with Crippen molar-refractivity contribution >= 4 is 0 Å². The molecule has 0 radical (unpaired) electrons. The van der Waals surface area contributed by atoms with E-state index in [1.807, 2.05) is 41.5 Å². The molecule has 0 amide bonds. The second-order valence-electron chi connectivity index (χ2n) is 4.53. The Kier molecular flexibility index (Phi) is 20.8. The van der Waals surface area contributed by atoms with Crippen LogP contribution in [-0.2, 0) is 0 Å². The molecule has 0 spiro atoms. The summed E-state index contributed by atoms with van der Waals surface area (Å²) in [5, 5.41) is 0. The largest absolute Gasteiger partial charge is 0.306 e. The van der Waals surface area contributed by atoms with E-state index in [1.54, 1.807) is 0 Å². The summed E-state index contributed by atoms with van der Waals surface area (Å²) in [6, 6.07) is 0.841. The van der Waals surface area contributed by atoms with Gasteiger partial charge < -0.3 is 4.90 Å². The van der Waals surface area contributed by atoms with Gasteiger partial charge >= 0.3 is 0 Å². The minimum Gasteiger partial charge on any atom is -0.306 e. The Morgan fingerprint density at radius 3 is 1.18 bits per heavy atom. The smallest absolute Gasteiger partial charge is 0.00942 e. The van der Waals surface area contributed by atoms with Crippen LogP contribution in [0.25, 0.3) is 0 Å². The third-order valence-electron chi connectivity index (χ3n) is 2.88. The summed E-state index contributed by atoms with van der Waals surface area (Å²) in [4.78, 5) is 2.38. The van der Waals surface area contributed by atoms with E-state index in [0.29, 0.717) is 0 Å². The highest BCUT2D eigenvalue weighted by Gasteiger charge is 2.24. The average molecular weight is 245 g/mol. The molecule has 108 valence electrons. The predicted octanol–water partition coefficient (Wildman–Crippen LogP) is 5.45. The maximum Gasteiger partial charge on any atom is 0.00942 e. The fourth-order valence-corrected chi connectivity index (χ4v) is 2.33. The van der Waals surface area contributed by atoms with Gasteiger partial charge in [0.15, 0.2) is 0 Å². The average Bonchev–Trinajstić information content (AvgIpc) is 2.35. The number of hydrogen-bond donors (Lipinski definition) is 0. The first-order chi connectivity index (χ1) is 8.09. The maximum absolute atomic E-state index is 2.38. The molecule has 0 aromatic rings. The van der Waals surface area contributed by atoms with Crippen molar-refractivity contribution in [3.63, 3.8) is 0 Å². The molecular formula is C16H39N. The third-order valence-corrected chi connectivity index (χ3v) is 2.88. The third kappa shape index (κ3) is 12.2. The van der Waals surface area contributed by atoms with E-state index in [4.69, 9.17) is 0 Å². The van der Waals surface area contributed by atoms with Crippen molar-refractivity contribution in [2.75, 3.05) is 14.1 Å². The molecule has 1 fully saturated rings. The van der Waals surface area contributed by atoms with Crippen molar-refractivity contribution in [1.29, 1.82) is 0 Å². The fraction of sp³-hybridized carbons (Fsp3) is 1.00. The van der Waals surface area contributed by atoms with Crippen LogP contribution in [0.3, 0.4) is 0 Å². The van der Waals surface area contributed by atoms with Crippen molar-refractivity contribution < 1.29 is 0 Å². The van der Waals surface area contributed by atoms with E-state index >= 15 is 0 Å². The molecule has 0 saturated heterocycles. The summed E-state index contributed by atoms with van der Waals surface area (Å²) in [6.45, 7) is 16.8. The molecular weight excluding hydrogens is 206 g/mol. The molecule has 2 atom stereocenters. The van der Waals surface area contributed by atoms with E-state index in [1.165, 1.54) is 19.3 Å². The SMILES string of the molecule is CC.CC.CC.CC1CC(C)CC(N(C)C)C1. The first-order valence-electron chi connectivity index (χ1n) is 7.76. The Hall–Kier alpha value is -0.0400. The Bertz CT molecular complexity index is 111. The highest BCUT2D eigenvalue weighted by atomic mass is 15.1. The summed E-state index contributed by atoms with van der Waals surface area (Å²) in [7, 11) is 4.41. The highest BCUT2D eigenvalue weighted by molar-refractivity contribution is 4.78. The van der Waals surface area contributed by atoms with E-state index in [2.05, 4.69) is 32.8 Å². The Morgan fingerprint density at radius 2 is 0.941 bits per heavy atom. The standard InChI is InChI=1S/C10H21N.3C2H6/c1-8-5-9(2)7-10(6-8)11(3)4;3*1-2/h8-10H,5-7H2,1-4H3;3*1-2H3. The second kappa shape index (κ2) is 16.0. The lowest BCUT2D eigenvalue weighted by molar-refractivity contribution is 0.156. The van der Waals surface area contributed by atoms with Crippen LogP contribution in [0, 0.1) is 11.8 Å². The topological polar surface area (TPSA) is 3.24 Å². The van der Waals surface area contributed by atoms with Gasteiger partial charge in [0, 0.05) is 6.04 Å². The summed E-state index contributed by atoms with van der Waals surface area (Å²) < 4.78 is 0. The molecule has 1 heteroatoms. The van der Waals surface area contributed by atoms with Gasteiger partial charge in [0.1, 0.15) is 0 Å². The van der Waals surface area contributed by atoms with Gasteiger partial charge in [-0.1, -0.05) is 55.4 Å². The van der Waals surface area contributed by atoms with Gasteiger partial charge in [0.05, 0.1) is 0 Å². The minimum atomic E-state index is 0.841. The van der Waals surface area contributed by atoms with Gasteiger partial charge in [-0.2, -0.15) is 0 Å². The van der Waals surface area contributed by atoms with Gasteiger partial charge in [0.25, 0.3) is 0 Å². The summed E-state index contributed by atoms with van der Waals surface area (Å²) in [5.74, 6) is 1.87. The van der Waals surface area contributed by atoms with Crippen LogP contribution in [0.4, 0.5) is 0 Å². The van der Waals surface area contributed by atoms with Crippen LogP contribution < -0.4 is 0 Å². The maximum atomic E-state index is 2.38. The Morgan fingerprint density at radius 1 is 0.647 bits per heavy atom. The molecule has 1 aliphatic carbocycles. The van der Waals surface area contributed by atoms with Crippen molar-refractivity contribution in [1.82, 2.24) is 4.90 Å². The monoisotopic (exact) mass is 245 g/mol. The van der Waals surface area contributed by atoms with E-state index in [-0.39, 0.29) is 0 Å². The lowest BCUT2D eigenvalue weighted by Gasteiger charge is -2.35. The lowest BCUT2D eigenvalue weighted by Crippen LogP contribution is -2.35. The number of hydrogen-bond acceptors (Lipinski definition) is 1. The van der Waals surface area contributed by atoms with Crippen molar-refractivity contribution in [3.05, 3.63) is 0 Å². The van der Waals surface area contributed by atoms with Gasteiger partial charge in [-0.05, 0) is 45.2 Å². The molecule has 0 N–H and O–H groups in total. The molecule has 1 rings (SSSR count). The van der Waals surface area contributed by atoms with Crippen LogP contribution in [0.2, 0.25) is 0 Å². The van der Waals surface area contributed by atoms with Crippen molar-refractivity contribution in [2.45, 2.75) is 80.7 Å². The molecule has 0 aliphatic heterocycles. The highest BCUT2D eigenvalue weighted by Crippen LogP contribution is 2.30. The van der Waals surface area contributed by atoms with Crippen LogP contribution in [-0.4, -0.2) is 25.0 Å². The van der Waals surface area contributed by atoms with E-state index in [0.717, 1.165) is 17.9 Å². The summed E-state index contributed by atoms with van der Waals surface area (Å²) in [6.07, 6.45) is 4.24. The summed E-state index contributed by atoms with van der Waals surface area (Å²) in [5.41, 5.74) is 0. The van der Waals surface area contributed by atoms with Crippen LogP contribution in [0.5, 0.6) is 0 Å². The minimum absolute atomic E-state index is 0.841. The molecule has 1 nitrogen and oxygen atoms in total. The zero-order chi connectivity index (χ0) is 14.4. The summed E-state index contributed by atoms with van der Waals surface area (Å²) >= 11 is 0. The molecule has 0 bridgehead atoms. The van der Waals surface area contributed by atoms with Gasteiger partial charge in [-0.15, -0.1) is 0 Å².